The number of benzene rings is 1. The number of ether oxygens (including phenoxy) is 1. The molecular weight excluding hydrogens is 330 g/mol. The second kappa shape index (κ2) is 10.2. The minimum Gasteiger partial charge on any atom is -0.496 e. The van der Waals surface area contributed by atoms with Gasteiger partial charge in [-0.25, -0.2) is 0 Å². The van der Waals surface area contributed by atoms with Crippen LogP contribution in [-0.4, -0.2) is 41.9 Å². The molecule has 6 nitrogen and oxygen atoms in total. The normalized spacial score (nSPS) is 10.2. The second-order valence-corrected chi connectivity index (χ2v) is 5.96. The van der Waals surface area contributed by atoms with E-state index in [4.69, 9.17) is 4.74 Å². The van der Waals surface area contributed by atoms with Crippen LogP contribution in [0.1, 0.15) is 24.5 Å². The molecule has 0 aliphatic rings. The van der Waals surface area contributed by atoms with Gasteiger partial charge in [-0.15, -0.1) is 0 Å². The molecule has 0 aliphatic carbocycles. The number of carbonyl (C=O) groups is 2. The summed E-state index contributed by atoms with van der Waals surface area (Å²) < 4.78 is 5.30. The van der Waals surface area contributed by atoms with E-state index in [0.29, 0.717) is 26.1 Å². The topological polar surface area (TPSA) is 71.5 Å². The largest absolute Gasteiger partial charge is 0.496 e. The van der Waals surface area contributed by atoms with Crippen LogP contribution in [0.25, 0.3) is 0 Å². The minimum atomic E-state index is -0.0719. The maximum atomic E-state index is 12.1. The van der Waals surface area contributed by atoms with Gasteiger partial charge in [0.05, 0.1) is 7.11 Å². The van der Waals surface area contributed by atoms with Gasteiger partial charge in [0.2, 0.25) is 11.8 Å². The van der Waals surface area contributed by atoms with Crippen molar-refractivity contribution in [2.24, 2.45) is 0 Å². The summed E-state index contributed by atoms with van der Waals surface area (Å²) in [6, 6.07) is 11.5. The molecule has 0 aliphatic heterocycles. The lowest BCUT2D eigenvalue weighted by molar-refractivity contribution is -0.130. The van der Waals surface area contributed by atoms with E-state index in [2.05, 4.69) is 10.3 Å². The number of rotatable bonds is 9. The van der Waals surface area contributed by atoms with Gasteiger partial charge in [-0.05, 0) is 29.7 Å². The summed E-state index contributed by atoms with van der Waals surface area (Å²) in [7, 11) is 1.63. The SMILES string of the molecule is COc1ccccc1CCNC(=O)CCN(Cc1cccnc1)C(C)=O. The Hall–Kier alpha value is -2.89. The van der Waals surface area contributed by atoms with E-state index >= 15 is 0 Å². The predicted molar refractivity (Wildman–Crippen MR) is 99.7 cm³/mol. The molecule has 0 bridgehead atoms. The molecule has 1 heterocycles. The number of nitrogens with zero attached hydrogens (tertiary/aromatic N) is 2. The van der Waals surface area contributed by atoms with E-state index in [1.165, 1.54) is 6.92 Å². The van der Waals surface area contributed by atoms with Gasteiger partial charge in [-0.2, -0.15) is 0 Å². The van der Waals surface area contributed by atoms with Crippen molar-refractivity contribution in [3.63, 3.8) is 0 Å². The van der Waals surface area contributed by atoms with Crippen LogP contribution in [0.4, 0.5) is 0 Å². The number of hydrogen-bond donors (Lipinski definition) is 1. The highest BCUT2D eigenvalue weighted by atomic mass is 16.5. The number of carbonyl (C=O) groups excluding carboxylic acids is 2. The highest BCUT2D eigenvalue weighted by Crippen LogP contribution is 2.17. The number of para-hydroxylation sites is 1. The molecule has 0 fully saturated rings. The number of aromatic nitrogens is 1. The molecule has 2 aromatic rings. The third-order valence-electron chi connectivity index (χ3n) is 4.06. The highest BCUT2D eigenvalue weighted by Gasteiger charge is 2.12. The highest BCUT2D eigenvalue weighted by molar-refractivity contribution is 5.78. The van der Waals surface area contributed by atoms with Crippen LogP contribution in [0.3, 0.4) is 0 Å². The molecule has 2 amide bonds. The summed E-state index contributed by atoms with van der Waals surface area (Å²) in [4.78, 5) is 29.6. The van der Waals surface area contributed by atoms with Crippen LogP contribution < -0.4 is 10.1 Å². The van der Waals surface area contributed by atoms with E-state index in [-0.39, 0.29) is 18.2 Å². The first-order valence-electron chi connectivity index (χ1n) is 8.63. The summed E-state index contributed by atoms with van der Waals surface area (Å²) >= 11 is 0. The summed E-state index contributed by atoms with van der Waals surface area (Å²) in [5.41, 5.74) is 2.00. The standard InChI is InChI=1S/C20H25N3O3/c1-16(24)23(15-17-6-5-11-21-14-17)13-10-20(25)22-12-9-18-7-3-4-8-19(18)26-2/h3-8,11,14H,9-10,12-13,15H2,1-2H3,(H,22,25). The fourth-order valence-corrected chi connectivity index (χ4v) is 2.63. The zero-order valence-electron chi connectivity index (χ0n) is 15.3. The second-order valence-electron chi connectivity index (χ2n) is 5.96. The maximum absolute atomic E-state index is 12.1. The first-order chi connectivity index (χ1) is 12.6. The summed E-state index contributed by atoms with van der Waals surface area (Å²) in [5.74, 6) is 0.689. The van der Waals surface area contributed by atoms with Crippen molar-refractivity contribution in [3.8, 4) is 5.75 Å². The Morgan fingerprint density at radius 3 is 2.69 bits per heavy atom. The number of hydrogen-bond acceptors (Lipinski definition) is 4. The third kappa shape index (κ3) is 6.20. The molecule has 0 radical (unpaired) electrons. The summed E-state index contributed by atoms with van der Waals surface area (Å²) in [6.07, 6.45) is 4.38. The van der Waals surface area contributed by atoms with Crippen LogP contribution >= 0.6 is 0 Å². The lowest BCUT2D eigenvalue weighted by Gasteiger charge is -2.20. The van der Waals surface area contributed by atoms with Gasteiger partial charge in [-0.3, -0.25) is 14.6 Å². The molecular formula is C20H25N3O3. The Morgan fingerprint density at radius 2 is 2.00 bits per heavy atom. The molecule has 1 aromatic carbocycles. The van der Waals surface area contributed by atoms with Gasteiger partial charge in [0.15, 0.2) is 0 Å². The molecule has 2 rings (SSSR count). The minimum absolute atomic E-state index is 0.0596. The Labute approximate surface area is 154 Å². The van der Waals surface area contributed by atoms with Crippen molar-refractivity contribution >= 4 is 11.8 Å². The van der Waals surface area contributed by atoms with Crippen molar-refractivity contribution in [3.05, 3.63) is 59.9 Å². The molecule has 0 unspecified atom stereocenters. The van der Waals surface area contributed by atoms with Crippen LogP contribution in [0, 0.1) is 0 Å². The number of amides is 2. The Morgan fingerprint density at radius 1 is 1.19 bits per heavy atom. The molecule has 0 spiro atoms. The first kappa shape index (κ1) is 19.4. The van der Waals surface area contributed by atoms with E-state index < -0.39 is 0 Å². The maximum Gasteiger partial charge on any atom is 0.221 e. The average Bonchev–Trinajstić information content (AvgIpc) is 2.66. The van der Waals surface area contributed by atoms with Crippen molar-refractivity contribution < 1.29 is 14.3 Å². The van der Waals surface area contributed by atoms with Crippen molar-refractivity contribution in [2.45, 2.75) is 26.3 Å². The fraction of sp³-hybridized carbons (Fsp3) is 0.350. The number of nitrogens with one attached hydrogen (secondary N) is 1. The summed E-state index contributed by atoms with van der Waals surface area (Å²) in [6.45, 7) is 2.88. The number of pyridine rings is 1. The monoisotopic (exact) mass is 355 g/mol. The molecule has 138 valence electrons. The third-order valence-corrected chi connectivity index (χ3v) is 4.06. The predicted octanol–water partition coefficient (Wildman–Crippen LogP) is 2.19. The Kier molecular flexibility index (Phi) is 7.61. The van der Waals surface area contributed by atoms with Gasteiger partial charge in [0.25, 0.3) is 0 Å². The van der Waals surface area contributed by atoms with E-state index in [0.717, 1.165) is 16.9 Å². The first-order valence-corrected chi connectivity index (χ1v) is 8.63. The molecule has 0 saturated heterocycles. The zero-order chi connectivity index (χ0) is 18.8. The fourth-order valence-electron chi connectivity index (χ4n) is 2.63. The quantitative estimate of drug-likeness (QED) is 0.748. The zero-order valence-corrected chi connectivity index (χ0v) is 15.3. The average molecular weight is 355 g/mol. The molecule has 1 aromatic heterocycles. The molecule has 6 heteroatoms. The lowest BCUT2D eigenvalue weighted by atomic mass is 10.1. The van der Waals surface area contributed by atoms with Gasteiger partial charge < -0.3 is 15.0 Å². The van der Waals surface area contributed by atoms with Gasteiger partial charge in [0, 0.05) is 45.4 Å². The molecule has 0 atom stereocenters. The molecule has 26 heavy (non-hydrogen) atoms. The number of methoxy groups -OCH3 is 1. The lowest BCUT2D eigenvalue weighted by Crippen LogP contribution is -2.34. The van der Waals surface area contributed by atoms with Crippen molar-refractivity contribution in [1.82, 2.24) is 15.2 Å². The van der Waals surface area contributed by atoms with Gasteiger partial charge >= 0.3 is 0 Å². The summed E-state index contributed by atoms with van der Waals surface area (Å²) in [5, 5.41) is 2.90. The van der Waals surface area contributed by atoms with Gasteiger partial charge in [0.1, 0.15) is 5.75 Å². The van der Waals surface area contributed by atoms with E-state index in [1.807, 2.05) is 36.4 Å². The van der Waals surface area contributed by atoms with E-state index in [9.17, 15) is 9.59 Å². The van der Waals surface area contributed by atoms with Crippen LogP contribution in [0.15, 0.2) is 48.8 Å². The van der Waals surface area contributed by atoms with Crippen molar-refractivity contribution in [2.75, 3.05) is 20.2 Å². The van der Waals surface area contributed by atoms with Crippen LogP contribution in [-0.2, 0) is 22.6 Å². The molecule has 1 N–H and O–H groups in total. The Balaban J connectivity index is 1.76. The van der Waals surface area contributed by atoms with Crippen LogP contribution in [0.5, 0.6) is 5.75 Å². The van der Waals surface area contributed by atoms with Crippen LogP contribution in [0.2, 0.25) is 0 Å². The van der Waals surface area contributed by atoms with Gasteiger partial charge in [-0.1, -0.05) is 24.3 Å². The Bertz CT molecular complexity index is 719. The van der Waals surface area contributed by atoms with Crippen molar-refractivity contribution in [1.29, 1.82) is 0 Å². The van der Waals surface area contributed by atoms with E-state index in [1.54, 1.807) is 24.4 Å². The smallest absolute Gasteiger partial charge is 0.221 e. The molecule has 0 saturated carbocycles.